The number of thiazole rings is 1. The molecule has 0 spiro atoms. The second-order valence-electron chi connectivity index (χ2n) is 5.76. The fourth-order valence-electron chi connectivity index (χ4n) is 2.86. The molecule has 128 valence electrons. The van der Waals surface area contributed by atoms with Crippen molar-refractivity contribution in [3.63, 3.8) is 0 Å². The number of anilines is 1. The van der Waals surface area contributed by atoms with Gasteiger partial charge >= 0.3 is 0 Å². The number of hydrogen-bond donors (Lipinski definition) is 0. The first-order valence-electron chi connectivity index (χ1n) is 7.83. The topological polar surface area (TPSA) is 76.8 Å². The molecule has 1 aliphatic heterocycles. The summed E-state index contributed by atoms with van der Waals surface area (Å²) in [6, 6.07) is 6.22. The van der Waals surface area contributed by atoms with Crippen molar-refractivity contribution in [2.45, 2.75) is 18.5 Å². The molecule has 0 fully saturated rings. The van der Waals surface area contributed by atoms with Gasteiger partial charge in [0.1, 0.15) is 0 Å². The average molecular weight is 372 g/mol. The van der Waals surface area contributed by atoms with Crippen LogP contribution in [0, 0.1) is 6.92 Å². The minimum Gasteiger partial charge on any atom is -0.311 e. The van der Waals surface area contributed by atoms with E-state index in [1.165, 1.54) is 17.3 Å². The van der Waals surface area contributed by atoms with Gasteiger partial charge in [0.25, 0.3) is 0 Å². The van der Waals surface area contributed by atoms with Gasteiger partial charge in [-0.2, -0.15) is 0 Å². The van der Waals surface area contributed by atoms with Gasteiger partial charge in [-0.15, -0.1) is 16.4 Å². The molecular formula is C16H16N6OS2. The molecule has 0 aliphatic carbocycles. The van der Waals surface area contributed by atoms with Crippen molar-refractivity contribution in [3.05, 3.63) is 34.2 Å². The number of amides is 1. The van der Waals surface area contributed by atoms with E-state index in [0.717, 1.165) is 28.4 Å². The van der Waals surface area contributed by atoms with Crippen molar-refractivity contribution in [1.82, 2.24) is 25.2 Å². The molecule has 0 N–H and O–H groups in total. The fourth-order valence-corrected chi connectivity index (χ4v) is 4.21. The van der Waals surface area contributed by atoms with E-state index in [4.69, 9.17) is 0 Å². The van der Waals surface area contributed by atoms with Crippen LogP contribution in [-0.4, -0.2) is 43.4 Å². The number of tetrazole rings is 1. The first-order valence-corrected chi connectivity index (χ1v) is 9.69. The van der Waals surface area contributed by atoms with Crippen LogP contribution in [0.25, 0.3) is 11.3 Å². The van der Waals surface area contributed by atoms with Crippen LogP contribution >= 0.6 is 23.1 Å². The lowest BCUT2D eigenvalue weighted by atomic mass is 10.1. The number of benzene rings is 1. The van der Waals surface area contributed by atoms with E-state index in [-0.39, 0.29) is 5.91 Å². The van der Waals surface area contributed by atoms with Crippen LogP contribution in [0.1, 0.15) is 10.6 Å². The van der Waals surface area contributed by atoms with Crippen molar-refractivity contribution in [1.29, 1.82) is 0 Å². The summed E-state index contributed by atoms with van der Waals surface area (Å²) in [5.41, 5.74) is 4.30. The number of carbonyl (C=O) groups excluding carboxylic acids is 1. The molecule has 0 bridgehead atoms. The summed E-state index contributed by atoms with van der Waals surface area (Å²) in [6.45, 7) is 2.72. The molecule has 0 unspecified atom stereocenters. The van der Waals surface area contributed by atoms with Gasteiger partial charge in [0.2, 0.25) is 11.1 Å². The quantitative estimate of drug-likeness (QED) is 0.654. The highest BCUT2D eigenvalue weighted by Gasteiger charge is 2.25. The number of aryl methyl sites for hydroxylation is 2. The lowest BCUT2D eigenvalue weighted by molar-refractivity contribution is -0.116. The van der Waals surface area contributed by atoms with E-state index in [1.54, 1.807) is 23.1 Å². The summed E-state index contributed by atoms with van der Waals surface area (Å²) >= 11 is 3.00. The van der Waals surface area contributed by atoms with Gasteiger partial charge in [0, 0.05) is 30.2 Å². The Morgan fingerprint density at radius 2 is 2.28 bits per heavy atom. The van der Waals surface area contributed by atoms with E-state index in [9.17, 15) is 4.79 Å². The van der Waals surface area contributed by atoms with Crippen LogP contribution in [0.4, 0.5) is 5.69 Å². The molecule has 0 saturated heterocycles. The summed E-state index contributed by atoms with van der Waals surface area (Å²) in [7, 11) is 1.76. The Labute approximate surface area is 153 Å². The van der Waals surface area contributed by atoms with Gasteiger partial charge in [-0.25, -0.2) is 9.67 Å². The van der Waals surface area contributed by atoms with Gasteiger partial charge in [-0.05, 0) is 41.5 Å². The van der Waals surface area contributed by atoms with Crippen LogP contribution in [0.3, 0.4) is 0 Å². The molecule has 1 aliphatic rings. The van der Waals surface area contributed by atoms with E-state index < -0.39 is 0 Å². The molecule has 1 amide bonds. The Morgan fingerprint density at radius 1 is 1.40 bits per heavy atom. The van der Waals surface area contributed by atoms with Gasteiger partial charge < -0.3 is 4.90 Å². The number of thioether (sulfide) groups is 1. The summed E-state index contributed by atoms with van der Waals surface area (Å²) in [5, 5.41) is 15.0. The molecule has 7 nitrogen and oxygen atoms in total. The Bertz CT molecular complexity index is 934. The summed E-state index contributed by atoms with van der Waals surface area (Å²) in [4.78, 5) is 19.0. The predicted octanol–water partition coefficient (Wildman–Crippen LogP) is 2.32. The van der Waals surface area contributed by atoms with Crippen molar-refractivity contribution in [3.8, 4) is 11.3 Å². The van der Waals surface area contributed by atoms with Crippen molar-refractivity contribution < 1.29 is 4.79 Å². The third-order valence-corrected chi connectivity index (χ3v) is 5.87. The molecule has 0 saturated carbocycles. The molecular weight excluding hydrogens is 356 g/mol. The first-order chi connectivity index (χ1) is 12.1. The van der Waals surface area contributed by atoms with Gasteiger partial charge in [0.15, 0.2) is 0 Å². The monoisotopic (exact) mass is 372 g/mol. The summed E-state index contributed by atoms with van der Waals surface area (Å²) < 4.78 is 1.57. The maximum Gasteiger partial charge on any atom is 0.237 e. The van der Waals surface area contributed by atoms with Gasteiger partial charge in [-0.3, -0.25) is 4.79 Å². The molecule has 25 heavy (non-hydrogen) atoms. The third-order valence-electron chi connectivity index (χ3n) is 4.10. The minimum atomic E-state index is 0.0732. The lowest BCUT2D eigenvalue weighted by Crippen LogP contribution is -2.30. The fraction of sp³-hybridized carbons (Fsp3) is 0.312. The maximum atomic E-state index is 12.6. The number of rotatable bonds is 4. The second kappa shape index (κ2) is 6.57. The Morgan fingerprint density at radius 3 is 3.00 bits per heavy atom. The predicted molar refractivity (Wildman–Crippen MR) is 97.9 cm³/mol. The number of nitrogens with zero attached hydrogens (tertiary/aromatic N) is 6. The lowest BCUT2D eigenvalue weighted by Gasteiger charge is -2.17. The first kappa shape index (κ1) is 16.2. The molecule has 2 aromatic heterocycles. The van der Waals surface area contributed by atoms with Crippen LogP contribution in [0.2, 0.25) is 0 Å². The minimum absolute atomic E-state index is 0.0732. The van der Waals surface area contributed by atoms with Gasteiger partial charge in [0.05, 0.1) is 16.5 Å². The Balaban J connectivity index is 1.49. The Kier molecular flexibility index (Phi) is 4.26. The third kappa shape index (κ3) is 3.16. The van der Waals surface area contributed by atoms with E-state index in [1.807, 2.05) is 24.0 Å². The zero-order valence-corrected chi connectivity index (χ0v) is 15.5. The Hall–Kier alpha value is -2.26. The second-order valence-corrected chi connectivity index (χ2v) is 7.77. The molecule has 0 radical (unpaired) electrons. The standard InChI is InChI=1S/C16H16N6OS2/c1-10-17-13(8-24-10)11-3-4-14-12(7-11)5-6-22(14)15(23)9-25-16-18-19-20-21(16)2/h3-4,7-8H,5-6,9H2,1-2H3. The molecule has 9 heteroatoms. The van der Waals surface area contributed by atoms with Crippen molar-refractivity contribution in [2.75, 3.05) is 17.2 Å². The molecule has 1 aromatic carbocycles. The molecule has 0 atom stereocenters. The highest BCUT2D eigenvalue weighted by Crippen LogP contribution is 2.33. The van der Waals surface area contributed by atoms with E-state index in [0.29, 0.717) is 17.5 Å². The van der Waals surface area contributed by atoms with Crippen LogP contribution in [-0.2, 0) is 18.3 Å². The van der Waals surface area contributed by atoms with Crippen LogP contribution in [0.5, 0.6) is 0 Å². The normalized spacial score (nSPS) is 13.3. The molecule has 4 rings (SSSR count). The van der Waals surface area contributed by atoms with Crippen molar-refractivity contribution >= 4 is 34.7 Å². The highest BCUT2D eigenvalue weighted by molar-refractivity contribution is 7.99. The average Bonchev–Trinajstić information content (AvgIpc) is 3.32. The van der Waals surface area contributed by atoms with Crippen LogP contribution in [0.15, 0.2) is 28.7 Å². The van der Waals surface area contributed by atoms with Gasteiger partial charge in [-0.1, -0.05) is 17.8 Å². The van der Waals surface area contributed by atoms with Crippen molar-refractivity contribution in [2.24, 2.45) is 7.05 Å². The summed E-state index contributed by atoms with van der Waals surface area (Å²) in [5.74, 6) is 0.393. The van der Waals surface area contributed by atoms with E-state index in [2.05, 4.69) is 32.0 Å². The van der Waals surface area contributed by atoms with E-state index >= 15 is 0 Å². The number of hydrogen-bond acceptors (Lipinski definition) is 7. The molecule has 3 heterocycles. The zero-order chi connectivity index (χ0) is 17.4. The zero-order valence-electron chi connectivity index (χ0n) is 13.8. The maximum absolute atomic E-state index is 12.6. The number of fused-ring (bicyclic) bond motifs is 1. The summed E-state index contributed by atoms with van der Waals surface area (Å²) in [6.07, 6.45) is 0.869. The smallest absolute Gasteiger partial charge is 0.237 e. The number of carbonyl (C=O) groups is 1. The SMILES string of the molecule is Cc1nc(-c2ccc3c(c2)CCN3C(=O)CSc2nnnn2C)cs1. The number of aromatic nitrogens is 5. The van der Waals surface area contributed by atoms with Crippen LogP contribution < -0.4 is 4.90 Å². The highest BCUT2D eigenvalue weighted by atomic mass is 32.2. The largest absolute Gasteiger partial charge is 0.311 e. The molecule has 3 aromatic rings.